The van der Waals surface area contributed by atoms with Crippen molar-refractivity contribution in [3.05, 3.63) is 23.8 Å². The SMILES string of the molecule is C=C1C=C2CC[C@@H]3[C@H]([C@@H](O)C[C@@]4(C)[C@H]3C[C@H]3OC(C)=NC34C(=O)CO)[C@@]2(C)CC1. The molecule has 3 saturated carbocycles. The lowest BCUT2D eigenvalue weighted by atomic mass is 9.45. The Morgan fingerprint density at radius 1 is 1.38 bits per heavy atom. The van der Waals surface area contributed by atoms with Crippen molar-refractivity contribution in [1.29, 1.82) is 0 Å². The molecule has 4 aliphatic carbocycles. The molecule has 5 nitrogen and oxygen atoms in total. The van der Waals surface area contributed by atoms with E-state index in [0.717, 1.165) is 32.1 Å². The van der Waals surface area contributed by atoms with E-state index in [4.69, 9.17) is 9.73 Å². The number of aliphatic hydroxyl groups excluding tert-OH is 2. The fraction of sp³-hybridized carbons (Fsp3) is 0.750. The highest BCUT2D eigenvalue weighted by Gasteiger charge is 2.74. The van der Waals surface area contributed by atoms with Crippen molar-refractivity contribution in [2.24, 2.45) is 33.6 Å². The second kappa shape index (κ2) is 6.04. The van der Waals surface area contributed by atoms with E-state index in [2.05, 4.69) is 26.5 Å². The molecule has 5 heteroatoms. The first-order valence-electron chi connectivity index (χ1n) is 11.1. The highest BCUT2D eigenvalue weighted by Crippen LogP contribution is 2.69. The molecule has 1 heterocycles. The van der Waals surface area contributed by atoms with Gasteiger partial charge in [0.25, 0.3) is 0 Å². The normalized spacial score (nSPS) is 50.5. The molecule has 8 atom stereocenters. The second-order valence-electron chi connectivity index (χ2n) is 10.6. The average molecular weight is 400 g/mol. The zero-order valence-corrected chi connectivity index (χ0v) is 17.8. The Morgan fingerprint density at radius 2 is 2.14 bits per heavy atom. The van der Waals surface area contributed by atoms with Gasteiger partial charge in [0.2, 0.25) is 0 Å². The number of carbonyl (C=O) groups is 1. The fourth-order valence-electron chi connectivity index (χ4n) is 8.26. The van der Waals surface area contributed by atoms with E-state index < -0.39 is 23.7 Å². The number of nitrogens with zero attached hydrogens (tertiary/aromatic N) is 1. The van der Waals surface area contributed by atoms with Gasteiger partial charge >= 0.3 is 0 Å². The van der Waals surface area contributed by atoms with Crippen molar-refractivity contribution in [1.82, 2.24) is 0 Å². The van der Waals surface area contributed by atoms with Crippen LogP contribution in [0.2, 0.25) is 0 Å². The second-order valence-corrected chi connectivity index (χ2v) is 10.6. The van der Waals surface area contributed by atoms with E-state index in [0.29, 0.717) is 18.2 Å². The third-order valence-electron chi connectivity index (χ3n) is 9.42. The lowest BCUT2D eigenvalue weighted by molar-refractivity contribution is -0.149. The predicted octanol–water partition coefficient (Wildman–Crippen LogP) is 3.20. The monoisotopic (exact) mass is 399 g/mol. The molecule has 3 fully saturated rings. The van der Waals surface area contributed by atoms with Gasteiger partial charge < -0.3 is 14.9 Å². The van der Waals surface area contributed by atoms with Gasteiger partial charge in [0.15, 0.2) is 17.2 Å². The molecule has 0 amide bonds. The van der Waals surface area contributed by atoms with Gasteiger partial charge in [-0.2, -0.15) is 0 Å². The molecule has 0 aromatic carbocycles. The van der Waals surface area contributed by atoms with Crippen LogP contribution in [0.5, 0.6) is 0 Å². The first-order chi connectivity index (χ1) is 13.7. The molecule has 0 aromatic rings. The zero-order chi connectivity index (χ0) is 20.8. The van der Waals surface area contributed by atoms with Gasteiger partial charge in [0.1, 0.15) is 12.7 Å². The van der Waals surface area contributed by atoms with Crippen molar-refractivity contribution in [2.45, 2.75) is 77.0 Å². The van der Waals surface area contributed by atoms with Gasteiger partial charge in [-0.1, -0.05) is 37.6 Å². The molecule has 5 aliphatic rings. The van der Waals surface area contributed by atoms with Crippen LogP contribution in [0.3, 0.4) is 0 Å². The molecule has 0 radical (unpaired) electrons. The lowest BCUT2D eigenvalue weighted by Gasteiger charge is -2.60. The van der Waals surface area contributed by atoms with Crippen LogP contribution < -0.4 is 0 Å². The van der Waals surface area contributed by atoms with Crippen LogP contribution >= 0.6 is 0 Å². The Labute approximate surface area is 172 Å². The number of aliphatic imine (C=N–C) groups is 1. The van der Waals surface area contributed by atoms with E-state index in [-0.39, 0.29) is 29.1 Å². The largest absolute Gasteiger partial charge is 0.475 e. The van der Waals surface area contributed by atoms with Gasteiger partial charge in [0.05, 0.1) is 6.10 Å². The van der Waals surface area contributed by atoms with E-state index in [1.807, 2.05) is 0 Å². The average Bonchev–Trinajstić information content (AvgIpc) is 3.12. The molecule has 2 N–H and O–H groups in total. The topological polar surface area (TPSA) is 79.1 Å². The van der Waals surface area contributed by atoms with E-state index in [1.165, 1.54) is 11.1 Å². The fourth-order valence-corrected chi connectivity index (χ4v) is 8.26. The smallest absolute Gasteiger partial charge is 0.190 e. The van der Waals surface area contributed by atoms with Gasteiger partial charge in [-0.25, -0.2) is 4.99 Å². The number of rotatable bonds is 2. The molecule has 0 aromatic heterocycles. The lowest BCUT2D eigenvalue weighted by Crippen LogP contribution is -2.62. The maximum Gasteiger partial charge on any atom is 0.190 e. The van der Waals surface area contributed by atoms with Crippen LogP contribution in [0, 0.1) is 28.6 Å². The quantitative estimate of drug-likeness (QED) is 0.747. The summed E-state index contributed by atoms with van der Waals surface area (Å²) in [6.07, 6.45) is 6.86. The van der Waals surface area contributed by atoms with E-state index in [1.54, 1.807) is 6.92 Å². The van der Waals surface area contributed by atoms with Crippen LogP contribution in [-0.2, 0) is 9.53 Å². The highest BCUT2D eigenvalue weighted by molar-refractivity contribution is 5.96. The summed E-state index contributed by atoms with van der Waals surface area (Å²) in [6, 6.07) is 0. The summed E-state index contributed by atoms with van der Waals surface area (Å²) in [4.78, 5) is 17.8. The Balaban J connectivity index is 1.60. The third-order valence-corrected chi connectivity index (χ3v) is 9.42. The first kappa shape index (κ1) is 19.5. The summed E-state index contributed by atoms with van der Waals surface area (Å²) in [6.45, 7) is 9.88. The number of hydrogen-bond donors (Lipinski definition) is 2. The molecule has 1 aliphatic heterocycles. The van der Waals surface area contributed by atoms with Crippen LogP contribution in [0.25, 0.3) is 0 Å². The summed E-state index contributed by atoms with van der Waals surface area (Å²) in [5.74, 6) is 1.06. The summed E-state index contributed by atoms with van der Waals surface area (Å²) in [7, 11) is 0. The number of ketones is 1. The van der Waals surface area contributed by atoms with Gasteiger partial charge in [-0.05, 0) is 61.7 Å². The number of Topliss-reactive ketones (excluding diaryl/α,β-unsaturated/α-hetero) is 1. The number of ether oxygens (including phenoxy) is 1. The molecule has 29 heavy (non-hydrogen) atoms. The number of fused-ring (bicyclic) bond motifs is 7. The van der Waals surface area contributed by atoms with Crippen LogP contribution in [0.15, 0.2) is 28.8 Å². The maximum absolute atomic E-state index is 13.1. The predicted molar refractivity (Wildman–Crippen MR) is 110 cm³/mol. The van der Waals surface area contributed by atoms with Crippen molar-refractivity contribution >= 4 is 11.7 Å². The molecule has 158 valence electrons. The summed E-state index contributed by atoms with van der Waals surface area (Å²) in [5.41, 5.74) is 1.09. The summed E-state index contributed by atoms with van der Waals surface area (Å²) in [5, 5.41) is 21.3. The Kier molecular flexibility index (Phi) is 4.06. The minimum atomic E-state index is -1.06. The van der Waals surface area contributed by atoms with Gasteiger partial charge in [-0.3, -0.25) is 4.79 Å². The standard InChI is InChI=1S/C24H33NO4/c1-13-7-8-22(3)15(9-13)5-6-16-17-10-20-24(19(28)12-26,25-14(2)29-20)23(17,4)11-18(27)21(16)22/h9,16-18,20-21,26-27H,1,5-8,10-12H2,2-4H3/t16-,17-,18-,20+,21+,22-,23-,24?/m0/s1. The van der Waals surface area contributed by atoms with Gasteiger partial charge in [-0.15, -0.1) is 0 Å². The molecule has 0 bridgehead atoms. The first-order valence-corrected chi connectivity index (χ1v) is 11.1. The number of allylic oxidation sites excluding steroid dienone is 3. The minimum Gasteiger partial charge on any atom is -0.475 e. The number of carbonyl (C=O) groups excluding carboxylic acids is 1. The highest BCUT2D eigenvalue weighted by atomic mass is 16.5. The Hall–Kier alpha value is -1.46. The molecular weight excluding hydrogens is 366 g/mol. The molecule has 5 rings (SSSR count). The van der Waals surface area contributed by atoms with Crippen LogP contribution in [-0.4, -0.2) is 46.2 Å². The summed E-state index contributed by atoms with van der Waals surface area (Å²) < 4.78 is 6.04. The van der Waals surface area contributed by atoms with Crippen molar-refractivity contribution < 1.29 is 19.7 Å². The van der Waals surface area contributed by atoms with Crippen molar-refractivity contribution in [3.8, 4) is 0 Å². The molecule has 1 unspecified atom stereocenters. The Bertz CT molecular complexity index is 846. The third kappa shape index (κ3) is 2.24. The molecule has 0 saturated heterocycles. The molecule has 0 spiro atoms. The van der Waals surface area contributed by atoms with E-state index >= 15 is 0 Å². The molecular formula is C24H33NO4. The van der Waals surface area contributed by atoms with E-state index in [9.17, 15) is 15.0 Å². The van der Waals surface area contributed by atoms with Crippen LogP contribution in [0.1, 0.15) is 59.3 Å². The van der Waals surface area contributed by atoms with Gasteiger partial charge in [0, 0.05) is 12.3 Å². The number of aliphatic hydroxyl groups is 2. The minimum absolute atomic E-state index is 0.00323. The summed E-state index contributed by atoms with van der Waals surface area (Å²) >= 11 is 0. The zero-order valence-electron chi connectivity index (χ0n) is 17.8. The van der Waals surface area contributed by atoms with Crippen LogP contribution in [0.4, 0.5) is 0 Å². The maximum atomic E-state index is 13.1. The van der Waals surface area contributed by atoms with Crippen molar-refractivity contribution in [2.75, 3.05) is 6.61 Å². The number of hydrogen-bond acceptors (Lipinski definition) is 5. The Morgan fingerprint density at radius 3 is 2.86 bits per heavy atom. The van der Waals surface area contributed by atoms with Crippen molar-refractivity contribution in [3.63, 3.8) is 0 Å².